The minimum absolute atomic E-state index is 0.105. The Morgan fingerprint density at radius 3 is 2.50 bits per heavy atom. The van der Waals surface area contributed by atoms with Crippen LogP contribution in [0.4, 0.5) is 5.69 Å². The molecular weight excluding hydrogens is 280 g/mol. The molecule has 0 heterocycles. The summed E-state index contributed by atoms with van der Waals surface area (Å²) in [4.78, 5) is 23.5. The molecule has 0 atom stereocenters. The lowest BCUT2D eigenvalue weighted by Crippen LogP contribution is -2.39. The minimum Gasteiger partial charge on any atom is -0.495 e. The summed E-state index contributed by atoms with van der Waals surface area (Å²) in [5, 5.41) is 5.70. The molecule has 0 unspecified atom stereocenters. The standard InChI is InChI=1S/C14H19ClN2O3/c1-14(2,3)13(19)16-8-12(18)17-10-7-9(15)5-6-11(10)20-4/h5-7H,8H2,1-4H3,(H,16,19)(H,17,18). The number of nitrogens with one attached hydrogen (secondary N) is 2. The first-order valence-corrected chi connectivity index (χ1v) is 6.53. The van der Waals surface area contributed by atoms with E-state index in [2.05, 4.69) is 10.6 Å². The van der Waals surface area contributed by atoms with Gasteiger partial charge in [-0.3, -0.25) is 9.59 Å². The highest BCUT2D eigenvalue weighted by Gasteiger charge is 2.21. The molecule has 1 aromatic carbocycles. The Bertz CT molecular complexity index is 510. The lowest BCUT2D eigenvalue weighted by molar-refractivity contribution is -0.130. The zero-order valence-electron chi connectivity index (χ0n) is 12.0. The maximum absolute atomic E-state index is 11.8. The van der Waals surface area contributed by atoms with E-state index in [1.54, 1.807) is 39.0 Å². The van der Waals surface area contributed by atoms with Crippen LogP contribution in [0.25, 0.3) is 0 Å². The van der Waals surface area contributed by atoms with Crippen LogP contribution in [-0.4, -0.2) is 25.5 Å². The molecule has 2 amide bonds. The summed E-state index contributed by atoms with van der Waals surface area (Å²) in [5.74, 6) is -0.0289. The average molecular weight is 299 g/mol. The van der Waals surface area contributed by atoms with Gasteiger partial charge in [-0.1, -0.05) is 32.4 Å². The number of hydrogen-bond donors (Lipinski definition) is 2. The third-order valence-corrected chi connectivity index (χ3v) is 2.76. The number of hydrogen-bond acceptors (Lipinski definition) is 3. The number of amides is 2. The van der Waals surface area contributed by atoms with Crippen LogP contribution < -0.4 is 15.4 Å². The van der Waals surface area contributed by atoms with Gasteiger partial charge in [-0.2, -0.15) is 0 Å². The number of carbonyl (C=O) groups is 2. The van der Waals surface area contributed by atoms with Gasteiger partial charge in [0.25, 0.3) is 0 Å². The van der Waals surface area contributed by atoms with E-state index in [4.69, 9.17) is 16.3 Å². The van der Waals surface area contributed by atoms with Crippen LogP contribution in [0.5, 0.6) is 5.75 Å². The second kappa shape index (κ2) is 6.61. The molecule has 110 valence electrons. The quantitative estimate of drug-likeness (QED) is 0.897. The van der Waals surface area contributed by atoms with Crippen LogP contribution in [0.2, 0.25) is 5.02 Å². The Labute approximate surface area is 123 Å². The van der Waals surface area contributed by atoms with Gasteiger partial charge in [0.1, 0.15) is 5.75 Å². The van der Waals surface area contributed by atoms with Crippen molar-refractivity contribution >= 4 is 29.1 Å². The van der Waals surface area contributed by atoms with Gasteiger partial charge in [0.2, 0.25) is 11.8 Å². The molecule has 1 rings (SSSR count). The Kier molecular flexibility index (Phi) is 5.39. The van der Waals surface area contributed by atoms with Crippen molar-refractivity contribution in [1.29, 1.82) is 0 Å². The topological polar surface area (TPSA) is 67.4 Å². The van der Waals surface area contributed by atoms with Crippen LogP contribution in [0.1, 0.15) is 20.8 Å². The van der Waals surface area contributed by atoms with Crippen molar-refractivity contribution in [2.45, 2.75) is 20.8 Å². The molecule has 0 saturated carbocycles. The highest BCUT2D eigenvalue weighted by atomic mass is 35.5. The molecule has 0 saturated heterocycles. The zero-order valence-corrected chi connectivity index (χ0v) is 12.8. The van der Waals surface area contributed by atoms with Gasteiger partial charge < -0.3 is 15.4 Å². The maximum atomic E-state index is 11.8. The van der Waals surface area contributed by atoms with Gasteiger partial charge in [0.05, 0.1) is 19.3 Å². The minimum atomic E-state index is -0.534. The van der Waals surface area contributed by atoms with Gasteiger partial charge in [-0.25, -0.2) is 0 Å². The Morgan fingerprint density at radius 1 is 1.30 bits per heavy atom. The summed E-state index contributed by atoms with van der Waals surface area (Å²) in [6.07, 6.45) is 0. The van der Waals surface area contributed by atoms with E-state index in [0.29, 0.717) is 16.5 Å². The molecule has 0 aromatic heterocycles. The van der Waals surface area contributed by atoms with Gasteiger partial charge in [-0.15, -0.1) is 0 Å². The fourth-order valence-corrected chi connectivity index (χ4v) is 1.57. The first-order valence-electron chi connectivity index (χ1n) is 6.15. The lowest BCUT2D eigenvalue weighted by Gasteiger charge is -2.17. The predicted molar refractivity (Wildman–Crippen MR) is 79.1 cm³/mol. The number of rotatable bonds is 4. The van der Waals surface area contributed by atoms with E-state index >= 15 is 0 Å². The van der Waals surface area contributed by atoms with Crippen molar-refractivity contribution in [3.8, 4) is 5.75 Å². The predicted octanol–water partition coefficient (Wildman–Crippen LogP) is 2.45. The highest BCUT2D eigenvalue weighted by molar-refractivity contribution is 6.31. The third-order valence-electron chi connectivity index (χ3n) is 2.53. The van der Waals surface area contributed by atoms with E-state index < -0.39 is 5.41 Å². The molecule has 0 spiro atoms. The Hall–Kier alpha value is -1.75. The molecule has 5 nitrogen and oxygen atoms in total. The molecule has 0 aliphatic heterocycles. The van der Waals surface area contributed by atoms with Gasteiger partial charge in [0.15, 0.2) is 0 Å². The van der Waals surface area contributed by atoms with Gasteiger partial charge in [-0.05, 0) is 18.2 Å². The smallest absolute Gasteiger partial charge is 0.243 e. The molecule has 2 N–H and O–H groups in total. The summed E-state index contributed by atoms with van der Waals surface area (Å²) < 4.78 is 5.12. The maximum Gasteiger partial charge on any atom is 0.243 e. The highest BCUT2D eigenvalue weighted by Crippen LogP contribution is 2.27. The van der Waals surface area contributed by atoms with E-state index in [9.17, 15) is 9.59 Å². The normalized spacial score (nSPS) is 10.8. The molecule has 0 fully saturated rings. The van der Waals surface area contributed by atoms with Crippen molar-refractivity contribution in [2.24, 2.45) is 5.41 Å². The second-order valence-electron chi connectivity index (χ2n) is 5.33. The first-order chi connectivity index (χ1) is 9.24. The number of methoxy groups -OCH3 is 1. The second-order valence-corrected chi connectivity index (χ2v) is 5.76. The average Bonchev–Trinajstić information content (AvgIpc) is 2.35. The number of ether oxygens (including phenoxy) is 1. The van der Waals surface area contributed by atoms with Crippen LogP contribution >= 0.6 is 11.6 Å². The molecule has 0 bridgehead atoms. The van der Waals surface area contributed by atoms with Gasteiger partial charge in [0, 0.05) is 10.4 Å². The van der Waals surface area contributed by atoms with Gasteiger partial charge >= 0.3 is 0 Å². The number of benzene rings is 1. The number of anilines is 1. The summed E-state index contributed by atoms with van der Waals surface area (Å²) in [5.41, 5.74) is -0.0661. The molecule has 0 radical (unpaired) electrons. The van der Waals surface area contributed by atoms with Crippen LogP contribution in [0.15, 0.2) is 18.2 Å². The third kappa shape index (κ3) is 4.74. The van der Waals surface area contributed by atoms with Crippen molar-refractivity contribution < 1.29 is 14.3 Å². The number of carbonyl (C=O) groups excluding carboxylic acids is 2. The van der Waals surface area contributed by atoms with Crippen molar-refractivity contribution in [3.63, 3.8) is 0 Å². The van der Waals surface area contributed by atoms with Crippen LogP contribution in [0, 0.1) is 5.41 Å². The largest absolute Gasteiger partial charge is 0.495 e. The fourth-order valence-electron chi connectivity index (χ4n) is 1.40. The zero-order chi connectivity index (χ0) is 15.3. The van der Waals surface area contributed by atoms with Crippen molar-refractivity contribution in [2.75, 3.05) is 19.0 Å². The summed E-state index contributed by atoms with van der Waals surface area (Å²) in [6, 6.07) is 4.91. The van der Waals surface area contributed by atoms with E-state index in [1.807, 2.05) is 0 Å². The SMILES string of the molecule is COc1ccc(Cl)cc1NC(=O)CNC(=O)C(C)(C)C. The van der Waals surface area contributed by atoms with E-state index in [1.165, 1.54) is 7.11 Å². The summed E-state index contributed by atoms with van der Waals surface area (Å²) >= 11 is 5.87. The van der Waals surface area contributed by atoms with E-state index in [-0.39, 0.29) is 18.4 Å². The van der Waals surface area contributed by atoms with Crippen LogP contribution in [0.3, 0.4) is 0 Å². The number of halogens is 1. The summed E-state index contributed by atoms with van der Waals surface area (Å²) in [7, 11) is 1.50. The van der Waals surface area contributed by atoms with Crippen molar-refractivity contribution in [3.05, 3.63) is 23.2 Å². The molecule has 0 aliphatic carbocycles. The first kappa shape index (κ1) is 16.3. The molecule has 1 aromatic rings. The van der Waals surface area contributed by atoms with Crippen LogP contribution in [-0.2, 0) is 9.59 Å². The Morgan fingerprint density at radius 2 is 1.95 bits per heavy atom. The molecular formula is C14H19ClN2O3. The van der Waals surface area contributed by atoms with E-state index in [0.717, 1.165) is 0 Å². The monoisotopic (exact) mass is 298 g/mol. The lowest BCUT2D eigenvalue weighted by atomic mass is 9.96. The van der Waals surface area contributed by atoms with Crippen molar-refractivity contribution in [1.82, 2.24) is 5.32 Å². The molecule has 6 heteroatoms. The molecule has 0 aliphatic rings. The molecule has 20 heavy (non-hydrogen) atoms. The Balaban J connectivity index is 2.63. The fraction of sp³-hybridized carbons (Fsp3) is 0.429. The summed E-state index contributed by atoms with van der Waals surface area (Å²) in [6.45, 7) is 5.23.